The molecule has 1 atom stereocenters. The van der Waals surface area contributed by atoms with E-state index < -0.39 is 0 Å². The molecule has 0 spiro atoms. The largest absolute Gasteiger partial charge is 0.378 e. The molecule has 0 bridgehead atoms. The van der Waals surface area contributed by atoms with E-state index in [1.54, 1.807) is 0 Å². The molecule has 3 rings (SSSR count). The molecule has 1 aliphatic rings. The number of anilines is 1. The summed E-state index contributed by atoms with van der Waals surface area (Å²) in [6, 6.07) is 15.1. The Kier molecular flexibility index (Phi) is 3.00. The summed E-state index contributed by atoms with van der Waals surface area (Å²) in [5, 5.41) is 4.48. The van der Waals surface area contributed by atoms with E-state index in [4.69, 9.17) is 11.6 Å². The molecule has 2 heteroatoms. The lowest BCUT2D eigenvalue weighted by atomic mass is 10.1. The number of aryl methyl sites for hydroxylation is 2. The average Bonchev–Trinajstić information content (AvgIpc) is 2.74. The minimum absolute atomic E-state index is 0.415. The second-order valence-electron chi connectivity index (χ2n) is 4.89. The standard InChI is InChI=1S/C16H16ClN/c1-11-4-2-3-5-15(11)18-16-9-6-12-10-13(17)7-8-14(12)16/h2-5,7-8,10,16,18H,6,9H2,1H3. The third-order valence-electron chi connectivity index (χ3n) is 3.66. The maximum Gasteiger partial charge on any atom is 0.0519 e. The van der Waals surface area contributed by atoms with Gasteiger partial charge in [-0.1, -0.05) is 35.9 Å². The Balaban J connectivity index is 1.87. The first-order valence-electron chi connectivity index (χ1n) is 6.34. The van der Waals surface area contributed by atoms with Gasteiger partial charge in [-0.3, -0.25) is 0 Å². The number of rotatable bonds is 2. The maximum absolute atomic E-state index is 6.04. The Morgan fingerprint density at radius 2 is 2.00 bits per heavy atom. The van der Waals surface area contributed by atoms with Crippen molar-refractivity contribution in [2.24, 2.45) is 0 Å². The number of nitrogens with one attached hydrogen (secondary N) is 1. The first kappa shape index (κ1) is 11.6. The number of hydrogen-bond acceptors (Lipinski definition) is 1. The van der Waals surface area contributed by atoms with Crippen molar-refractivity contribution in [1.82, 2.24) is 0 Å². The normalized spacial score (nSPS) is 17.6. The van der Waals surface area contributed by atoms with Crippen molar-refractivity contribution in [2.75, 3.05) is 5.32 Å². The summed E-state index contributed by atoms with van der Waals surface area (Å²) in [6.07, 6.45) is 2.25. The van der Waals surface area contributed by atoms with E-state index in [-0.39, 0.29) is 0 Å². The summed E-state index contributed by atoms with van der Waals surface area (Å²) in [5.74, 6) is 0. The molecule has 1 unspecified atom stereocenters. The third-order valence-corrected chi connectivity index (χ3v) is 3.89. The van der Waals surface area contributed by atoms with E-state index in [1.807, 2.05) is 6.07 Å². The molecule has 0 aromatic heterocycles. The van der Waals surface area contributed by atoms with Crippen LogP contribution in [0.15, 0.2) is 42.5 Å². The summed E-state index contributed by atoms with van der Waals surface area (Å²) in [6.45, 7) is 2.14. The van der Waals surface area contributed by atoms with Crippen LogP contribution in [-0.4, -0.2) is 0 Å². The highest BCUT2D eigenvalue weighted by atomic mass is 35.5. The highest BCUT2D eigenvalue weighted by Gasteiger charge is 2.22. The number of halogens is 1. The van der Waals surface area contributed by atoms with Crippen molar-refractivity contribution in [3.8, 4) is 0 Å². The third kappa shape index (κ3) is 2.11. The Morgan fingerprint density at radius 3 is 2.83 bits per heavy atom. The van der Waals surface area contributed by atoms with Gasteiger partial charge in [-0.25, -0.2) is 0 Å². The second kappa shape index (κ2) is 4.66. The lowest BCUT2D eigenvalue weighted by molar-refractivity contribution is 0.761. The number of benzene rings is 2. The van der Waals surface area contributed by atoms with Crippen LogP contribution in [0.25, 0.3) is 0 Å². The van der Waals surface area contributed by atoms with Gasteiger partial charge in [0, 0.05) is 10.7 Å². The van der Waals surface area contributed by atoms with Crippen molar-refractivity contribution >= 4 is 17.3 Å². The Hall–Kier alpha value is -1.47. The van der Waals surface area contributed by atoms with Crippen LogP contribution < -0.4 is 5.32 Å². The van der Waals surface area contributed by atoms with Gasteiger partial charge in [-0.15, -0.1) is 0 Å². The highest BCUT2D eigenvalue weighted by molar-refractivity contribution is 6.30. The molecule has 2 aromatic rings. The Morgan fingerprint density at radius 1 is 1.17 bits per heavy atom. The van der Waals surface area contributed by atoms with Crippen molar-refractivity contribution in [3.05, 3.63) is 64.2 Å². The summed E-state index contributed by atoms with van der Waals surface area (Å²) >= 11 is 6.04. The van der Waals surface area contributed by atoms with Crippen molar-refractivity contribution < 1.29 is 0 Å². The van der Waals surface area contributed by atoms with Gasteiger partial charge in [0.2, 0.25) is 0 Å². The monoisotopic (exact) mass is 257 g/mol. The van der Waals surface area contributed by atoms with Gasteiger partial charge >= 0.3 is 0 Å². The van der Waals surface area contributed by atoms with Gasteiger partial charge in [-0.05, 0) is 54.7 Å². The van der Waals surface area contributed by atoms with E-state index in [1.165, 1.54) is 22.4 Å². The van der Waals surface area contributed by atoms with Crippen LogP contribution in [-0.2, 0) is 6.42 Å². The van der Waals surface area contributed by atoms with Crippen LogP contribution in [0.5, 0.6) is 0 Å². The highest BCUT2D eigenvalue weighted by Crippen LogP contribution is 2.35. The number of hydrogen-bond donors (Lipinski definition) is 1. The van der Waals surface area contributed by atoms with E-state index in [0.29, 0.717) is 6.04 Å². The minimum atomic E-state index is 0.415. The van der Waals surface area contributed by atoms with Gasteiger partial charge in [-0.2, -0.15) is 0 Å². The molecule has 0 heterocycles. The predicted molar refractivity (Wildman–Crippen MR) is 77.3 cm³/mol. The van der Waals surface area contributed by atoms with Crippen LogP contribution >= 0.6 is 11.6 Å². The SMILES string of the molecule is Cc1ccccc1NC1CCc2cc(Cl)ccc21. The molecule has 1 aliphatic carbocycles. The predicted octanol–water partition coefficient (Wildman–Crippen LogP) is 4.75. The van der Waals surface area contributed by atoms with Gasteiger partial charge in [0.15, 0.2) is 0 Å². The van der Waals surface area contributed by atoms with Crippen LogP contribution in [0.4, 0.5) is 5.69 Å². The molecule has 0 saturated carbocycles. The summed E-state index contributed by atoms with van der Waals surface area (Å²) < 4.78 is 0. The van der Waals surface area contributed by atoms with Crippen molar-refractivity contribution in [3.63, 3.8) is 0 Å². The van der Waals surface area contributed by atoms with Crippen LogP contribution in [0.1, 0.15) is 29.2 Å². The number of para-hydroxylation sites is 1. The van der Waals surface area contributed by atoms with Gasteiger partial charge < -0.3 is 5.32 Å². The molecular weight excluding hydrogens is 242 g/mol. The molecule has 0 fully saturated rings. The molecule has 0 aliphatic heterocycles. The molecular formula is C16H16ClN. The van der Waals surface area contributed by atoms with Crippen LogP contribution in [0.2, 0.25) is 5.02 Å². The van der Waals surface area contributed by atoms with Gasteiger partial charge in [0.05, 0.1) is 6.04 Å². The van der Waals surface area contributed by atoms with Crippen LogP contribution in [0.3, 0.4) is 0 Å². The molecule has 0 amide bonds. The fourth-order valence-electron chi connectivity index (χ4n) is 2.66. The molecule has 0 saturated heterocycles. The molecule has 1 N–H and O–H groups in total. The van der Waals surface area contributed by atoms with E-state index >= 15 is 0 Å². The fourth-order valence-corrected chi connectivity index (χ4v) is 2.85. The second-order valence-corrected chi connectivity index (χ2v) is 5.33. The lowest BCUT2D eigenvalue weighted by Gasteiger charge is -2.17. The number of fused-ring (bicyclic) bond motifs is 1. The molecule has 92 valence electrons. The zero-order valence-electron chi connectivity index (χ0n) is 10.4. The lowest BCUT2D eigenvalue weighted by Crippen LogP contribution is -2.07. The summed E-state index contributed by atoms with van der Waals surface area (Å²) in [4.78, 5) is 0. The van der Waals surface area contributed by atoms with Gasteiger partial charge in [0.25, 0.3) is 0 Å². The zero-order valence-corrected chi connectivity index (χ0v) is 11.2. The molecule has 0 radical (unpaired) electrons. The first-order valence-corrected chi connectivity index (χ1v) is 6.72. The molecule has 2 aromatic carbocycles. The zero-order chi connectivity index (χ0) is 12.5. The van der Waals surface area contributed by atoms with Gasteiger partial charge in [0.1, 0.15) is 0 Å². The quantitative estimate of drug-likeness (QED) is 0.819. The average molecular weight is 258 g/mol. The topological polar surface area (TPSA) is 12.0 Å². The maximum atomic E-state index is 6.04. The summed E-state index contributed by atoms with van der Waals surface area (Å²) in [7, 11) is 0. The molecule has 18 heavy (non-hydrogen) atoms. The van der Waals surface area contributed by atoms with E-state index in [2.05, 4.69) is 48.6 Å². The van der Waals surface area contributed by atoms with E-state index in [9.17, 15) is 0 Å². The first-order chi connectivity index (χ1) is 8.74. The van der Waals surface area contributed by atoms with Crippen molar-refractivity contribution in [1.29, 1.82) is 0 Å². The summed E-state index contributed by atoms with van der Waals surface area (Å²) in [5.41, 5.74) is 5.29. The fraction of sp³-hybridized carbons (Fsp3) is 0.250. The van der Waals surface area contributed by atoms with Crippen LogP contribution in [0, 0.1) is 6.92 Å². The Bertz CT molecular complexity index is 577. The molecule has 1 nitrogen and oxygen atoms in total. The van der Waals surface area contributed by atoms with Crippen molar-refractivity contribution in [2.45, 2.75) is 25.8 Å². The Labute approximate surface area is 113 Å². The minimum Gasteiger partial charge on any atom is -0.378 e. The smallest absolute Gasteiger partial charge is 0.0519 e. The van der Waals surface area contributed by atoms with E-state index in [0.717, 1.165) is 17.9 Å².